The molecule has 0 atom stereocenters. The maximum Gasteiger partial charge on any atom is 0.169 e. The molecular weight excluding hydrogens is 399 g/mol. The van der Waals surface area contributed by atoms with Crippen molar-refractivity contribution < 1.29 is 4.74 Å². The van der Waals surface area contributed by atoms with Crippen molar-refractivity contribution in [2.45, 2.75) is 0 Å². The molecule has 0 saturated heterocycles. The Morgan fingerprint density at radius 3 is 2.71 bits per heavy atom. The van der Waals surface area contributed by atoms with E-state index in [2.05, 4.69) is 31.2 Å². The fourth-order valence-corrected chi connectivity index (χ4v) is 3.24. The summed E-state index contributed by atoms with van der Waals surface area (Å²) in [4.78, 5) is 8.91. The average Bonchev–Trinajstić information content (AvgIpc) is 2.96. The first-order valence-corrected chi connectivity index (χ1v) is 9.41. The largest absolute Gasteiger partial charge is 0.497 e. The highest BCUT2D eigenvalue weighted by Crippen LogP contribution is 2.22. The molecule has 2 heterocycles. The molecule has 0 fully saturated rings. The highest BCUT2D eigenvalue weighted by atomic mass is 127. The van der Waals surface area contributed by atoms with Gasteiger partial charge in [-0.1, -0.05) is 0 Å². The molecule has 0 aliphatic carbocycles. The van der Waals surface area contributed by atoms with Gasteiger partial charge in [-0.05, 0) is 30.3 Å². The van der Waals surface area contributed by atoms with E-state index in [4.69, 9.17) is 10.1 Å². The first-order valence-electron chi connectivity index (χ1n) is 6.09. The smallest absolute Gasteiger partial charge is 0.169 e. The Morgan fingerprint density at radius 1 is 1.29 bits per heavy atom. The molecule has 0 spiro atoms. The number of aromatic nitrogens is 3. The highest BCUT2D eigenvalue weighted by molar-refractivity contribution is 14.2. The molecule has 106 valence electrons. The van der Waals surface area contributed by atoms with Gasteiger partial charge in [0.1, 0.15) is 17.0 Å². The second-order valence-corrected chi connectivity index (χ2v) is 5.99. The normalized spacial score (nSPS) is 10.8. The molecule has 0 radical (unpaired) electrons. The van der Waals surface area contributed by atoms with E-state index in [0.717, 1.165) is 22.5 Å². The second-order valence-electron chi connectivity index (χ2n) is 4.28. The first kappa shape index (κ1) is 14.3. The standard InChI is InChI=1S/C14H11IN4OS/c1-20-10-4-2-9(3-5-10)13(16)12-8-17-14-11(18-12)6-7-19(14)21-15/h2-8,16H,1H3. The summed E-state index contributed by atoms with van der Waals surface area (Å²) >= 11 is 2.19. The summed E-state index contributed by atoms with van der Waals surface area (Å²) in [5, 5.41) is 8.27. The third kappa shape index (κ3) is 2.75. The molecule has 3 rings (SSSR count). The zero-order valence-corrected chi connectivity index (χ0v) is 14.1. The Hall–Kier alpha value is -1.61. The minimum atomic E-state index is 0.349. The predicted octanol–water partition coefficient (Wildman–Crippen LogP) is 3.70. The van der Waals surface area contributed by atoms with Crippen LogP contribution in [0.25, 0.3) is 11.2 Å². The lowest BCUT2D eigenvalue weighted by atomic mass is 10.1. The van der Waals surface area contributed by atoms with Gasteiger partial charge in [-0.15, -0.1) is 0 Å². The van der Waals surface area contributed by atoms with E-state index in [9.17, 15) is 0 Å². The van der Waals surface area contributed by atoms with Crippen LogP contribution in [-0.4, -0.2) is 26.8 Å². The molecule has 0 amide bonds. The van der Waals surface area contributed by atoms with Crippen LogP contribution < -0.4 is 4.74 Å². The fraction of sp³-hybridized carbons (Fsp3) is 0.0714. The SMILES string of the molecule is COc1ccc(C(=N)c2cnc3c(ccn3SI)n2)cc1. The summed E-state index contributed by atoms with van der Waals surface area (Å²) in [7, 11) is 3.16. The third-order valence-corrected chi connectivity index (χ3v) is 4.78. The van der Waals surface area contributed by atoms with Crippen molar-refractivity contribution in [1.82, 2.24) is 13.9 Å². The molecule has 0 aliphatic heterocycles. The molecule has 21 heavy (non-hydrogen) atoms. The maximum absolute atomic E-state index is 8.27. The number of nitrogens with one attached hydrogen (secondary N) is 1. The van der Waals surface area contributed by atoms with Crippen LogP contribution in [-0.2, 0) is 0 Å². The monoisotopic (exact) mass is 410 g/mol. The summed E-state index contributed by atoms with van der Waals surface area (Å²) in [5.74, 6) is 0.768. The second kappa shape index (κ2) is 6.02. The van der Waals surface area contributed by atoms with E-state index in [-0.39, 0.29) is 0 Å². The Kier molecular flexibility index (Phi) is 4.11. The zero-order chi connectivity index (χ0) is 14.8. The number of rotatable bonds is 4. The van der Waals surface area contributed by atoms with Crippen LogP contribution in [0.15, 0.2) is 42.7 Å². The molecule has 0 bridgehead atoms. The van der Waals surface area contributed by atoms with Crippen molar-refractivity contribution in [3.05, 3.63) is 54.0 Å². The molecule has 7 heteroatoms. The van der Waals surface area contributed by atoms with Gasteiger partial charge in [-0.3, -0.25) is 9.38 Å². The summed E-state index contributed by atoms with van der Waals surface area (Å²) in [5.41, 5.74) is 3.29. The van der Waals surface area contributed by atoms with E-state index in [1.807, 2.05) is 40.5 Å². The van der Waals surface area contributed by atoms with E-state index in [1.165, 1.54) is 9.12 Å². The molecule has 3 aromatic rings. The van der Waals surface area contributed by atoms with Crippen LogP contribution >= 0.6 is 30.3 Å². The molecule has 1 N–H and O–H groups in total. The summed E-state index contributed by atoms with van der Waals surface area (Å²) in [6.45, 7) is 0. The summed E-state index contributed by atoms with van der Waals surface area (Å²) < 4.78 is 7.06. The van der Waals surface area contributed by atoms with Crippen molar-refractivity contribution in [2.75, 3.05) is 7.11 Å². The van der Waals surface area contributed by atoms with Crippen LogP contribution in [0.4, 0.5) is 0 Å². The Labute approximate surface area is 138 Å². The van der Waals surface area contributed by atoms with Crippen LogP contribution in [0.1, 0.15) is 11.3 Å². The van der Waals surface area contributed by atoms with Gasteiger partial charge >= 0.3 is 0 Å². The van der Waals surface area contributed by atoms with Gasteiger partial charge in [0.15, 0.2) is 5.65 Å². The number of hydrogen-bond acceptors (Lipinski definition) is 5. The lowest BCUT2D eigenvalue weighted by molar-refractivity contribution is 0.415. The van der Waals surface area contributed by atoms with Crippen molar-refractivity contribution in [3.8, 4) is 5.75 Å². The van der Waals surface area contributed by atoms with Gasteiger partial charge < -0.3 is 4.74 Å². The van der Waals surface area contributed by atoms with Gasteiger partial charge in [0.05, 0.1) is 19.0 Å². The van der Waals surface area contributed by atoms with Crippen molar-refractivity contribution in [2.24, 2.45) is 0 Å². The molecule has 0 unspecified atom stereocenters. The van der Waals surface area contributed by atoms with E-state index in [1.54, 1.807) is 13.3 Å². The molecule has 0 aliphatic rings. The van der Waals surface area contributed by atoms with Gasteiger partial charge in [0.25, 0.3) is 0 Å². The number of nitrogens with zero attached hydrogens (tertiary/aromatic N) is 3. The predicted molar refractivity (Wildman–Crippen MR) is 93.5 cm³/mol. The van der Waals surface area contributed by atoms with E-state index >= 15 is 0 Å². The molecule has 1 aromatic carbocycles. The minimum Gasteiger partial charge on any atom is -0.497 e. The van der Waals surface area contributed by atoms with Crippen LogP contribution in [0, 0.1) is 5.41 Å². The van der Waals surface area contributed by atoms with E-state index < -0.39 is 0 Å². The topological polar surface area (TPSA) is 63.8 Å². The van der Waals surface area contributed by atoms with Crippen LogP contribution in [0.3, 0.4) is 0 Å². The van der Waals surface area contributed by atoms with Gasteiger partial charge in [-0.25, -0.2) is 9.97 Å². The van der Waals surface area contributed by atoms with Crippen LogP contribution in [0.5, 0.6) is 5.75 Å². The van der Waals surface area contributed by atoms with Gasteiger partial charge in [0.2, 0.25) is 0 Å². The number of benzene rings is 1. The molecular formula is C14H11IN4OS. The average molecular weight is 410 g/mol. The van der Waals surface area contributed by atoms with Crippen LogP contribution in [0.2, 0.25) is 0 Å². The zero-order valence-electron chi connectivity index (χ0n) is 11.1. The number of halogens is 1. The first-order chi connectivity index (χ1) is 10.2. The van der Waals surface area contributed by atoms with Crippen molar-refractivity contribution in [3.63, 3.8) is 0 Å². The van der Waals surface area contributed by atoms with Crippen molar-refractivity contribution in [1.29, 1.82) is 5.41 Å². The lowest BCUT2D eigenvalue weighted by Gasteiger charge is -2.05. The minimum absolute atomic E-state index is 0.349. The maximum atomic E-state index is 8.27. The molecule has 0 saturated carbocycles. The van der Waals surface area contributed by atoms with Gasteiger partial charge in [-0.2, -0.15) is 0 Å². The Bertz CT molecular complexity index is 800. The quantitative estimate of drug-likeness (QED) is 0.526. The Balaban J connectivity index is 1.96. The lowest BCUT2D eigenvalue weighted by Crippen LogP contribution is -2.05. The third-order valence-electron chi connectivity index (χ3n) is 3.06. The van der Waals surface area contributed by atoms with Crippen molar-refractivity contribution >= 4 is 47.2 Å². The molecule has 2 aromatic heterocycles. The highest BCUT2D eigenvalue weighted by Gasteiger charge is 2.10. The number of ether oxygens (including phenoxy) is 1. The van der Waals surface area contributed by atoms with Gasteiger partial charge in [0, 0.05) is 42.1 Å². The summed E-state index contributed by atoms with van der Waals surface area (Å²) in [6.07, 6.45) is 3.56. The fourth-order valence-electron chi connectivity index (χ4n) is 1.97. The summed E-state index contributed by atoms with van der Waals surface area (Å²) in [6, 6.07) is 9.26. The van der Waals surface area contributed by atoms with E-state index in [0.29, 0.717) is 11.4 Å². The number of hydrogen-bond donors (Lipinski definition) is 1. The number of fused-ring (bicyclic) bond motifs is 1. The Morgan fingerprint density at radius 2 is 2.05 bits per heavy atom. The molecule has 5 nitrogen and oxygen atoms in total. The number of methoxy groups -OCH3 is 1.